The van der Waals surface area contributed by atoms with Crippen LogP contribution < -0.4 is 5.32 Å². The van der Waals surface area contributed by atoms with Gasteiger partial charge in [0.2, 0.25) is 0 Å². The van der Waals surface area contributed by atoms with Crippen molar-refractivity contribution in [3.8, 4) is 17.2 Å². The number of hydrogen-bond acceptors (Lipinski definition) is 4. The number of benzene rings is 1. The zero-order valence-electron chi connectivity index (χ0n) is 13.6. The maximum absolute atomic E-state index is 4.74. The molecule has 0 aliphatic heterocycles. The van der Waals surface area contributed by atoms with E-state index in [0.717, 1.165) is 23.0 Å². The highest BCUT2D eigenvalue weighted by molar-refractivity contribution is 5.59. The molecule has 5 heteroatoms. The number of hydrogen-bond donors (Lipinski definition) is 1. The van der Waals surface area contributed by atoms with Gasteiger partial charge in [-0.2, -0.15) is 5.10 Å². The summed E-state index contributed by atoms with van der Waals surface area (Å²) in [6.45, 7) is 0. The minimum atomic E-state index is 0.503. The monoisotopic (exact) mass is 319 g/mol. The van der Waals surface area contributed by atoms with Gasteiger partial charge in [-0.25, -0.2) is 14.6 Å². The van der Waals surface area contributed by atoms with Crippen LogP contribution in [0.5, 0.6) is 0 Å². The third-order valence-corrected chi connectivity index (χ3v) is 4.44. The van der Waals surface area contributed by atoms with Crippen LogP contribution >= 0.6 is 0 Å². The first kappa shape index (κ1) is 14.9. The minimum Gasteiger partial charge on any atom is -0.367 e. The zero-order chi connectivity index (χ0) is 16.2. The Morgan fingerprint density at radius 1 is 0.958 bits per heavy atom. The lowest BCUT2D eigenvalue weighted by molar-refractivity contribution is 0.462. The topological polar surface area (TPSA) is 55.6 Å². The van der Waals surface area contributed by atoms with E-state index >= 15 is 0 Å². The summed E-state index contributed by atoms with van der Waals surface area (Å²) in [5.41, 5.74) is 1.01. The molecular formula is C19H21N5. The van der Waals surface area contributed by atoms with Gasteiger partial charge in [0.25, 0.3) is 0 Å². The molecule has 1 fully saturated rings. The van der Waals surface area contributed by atoms with Gasteiger partial charge >= 0.3 is 0 Å². The number of nitrogens with one attached hydrogen (secondary N) is 1. The van der Waals surface area contributed by atoms with Gasteiger partial charge in [-0.15, -0.1) is 0 Å². The molecule has 4 rings (SSSR count). The summed E-state index contributed by atoms with van der Waals surface area (Å²) >= 11 is 0. The van der Waals surface area contributed by atoms with Crippen molar-refractivity contribution >= 4 is 5.82 Å². The summed E-state index contributed by atoms with van der Waals surface area (Å²) in [5, 5.41) is 7.91. The number of rotatable bonds is 4. The van der Waals surface area contributed by atoms with Gasteiger partial charge < -0.3 is 5.32 Å². The van der Waals surface area contributed by atoms with Crippen LogP contribution in [-0.2, 0) is 0 Å². The van der Waals surface area contributed by atoms with Crippen molar-refractivity contribution in [2.75, 3.05) is 5.32 Å². The van der Waals surface area contributed by atoms with Crippen LogP contribution in [-0.4, -0.2) is 25.8 Å². The normalized spacial score (nSPS) is 15.3. The zero-order valence-corrected chi connectivity index (χ0v) is 13.6. The second-order valence-corrected chi connectivity index (χ2v) is 6.23. The first-order valence-electron chi connectivity index (χ1n) is 8.59. The lowest BCUT2D eigenvalue weighted by Crippen LogP contribution is -2.23. The van der Waals surface area contributed by atoms with Crippen LogP contribution in [0.3, 0.4) is 0 Å². The van der Waals surface area contributed by atoms with E-state index in [1.54, 1.807) is 10.9 Å². The molecule has 2 aromatic heterocycles. The second kappa shape index (κ2) is 6.83. The van der Waals surface area contributed by atoms with Crippen LogP contribution in [0.4, 0.5) is 5.82 Å². The third-order valence-electron chi connectivity index (χ3n) is 4.44. The van der Waals surface area contributed by atoms with E-state index in [1.165, 1.54) is 32.1 Å². The van der Waals surface area contributed by atoms with E-state index in [4.69, 9.17) is 4.98 Å². The number of anilines is 1. The van der Waals surface area contributed by atoms with Crippen LogP contribution in [0.2, 0.25) is 0 Å². The van der Waals surface area contributed by atoms with Gasteiger partial charge in [0.15, 0.2) is 11.6 Å². The van der Waals surface area contributed by atoms with Crippen molar-refractivity contribution in [3.05, 3.63) is 54.9 Å². The Morgan fingerprint density at radius 2 is 1.79 bits per heavy atom. The minimum absolute atomic E-state index is 0.503. The lowest BCUT2D eigenvalue weighted by atomic mass is 9.95. The summed E-state index contributed by atoms with van der Waals surface area (Å²) in [6, 6.07) is 14.5. The Bertz CT molecular complexity index is 777. The summed E-state index contributed by atoms with van der Waals surface area (Å²) in [7, 11) is 0. The fraction of sp³-hybridized carbons (Fsp3) is 0.316. The molecule has 0 atom stereocenters. The average molecular weight is 319 g/mol. The Hall–Kier alpha value is -2.69. The molecule has 0 unspecified atom stereocenters. The van der Waals surface area contributed by atoms with Crippen molar-refractivity contribution in [1.82, 2.24) is 19.7 Å². The Morgan fingerprint density at radius 3 is 2.54 bits per heavy atom. The van der Waals surface area contributed by atoms with Crippen molar-refractivity contribution in [2.45, 2.75) is 38.1 Å². The summed E-state index contributed by atoms with van der Waals surface area (Å²) in [6.07, 6.45) is 10.0. The Balaban J connectivity index is 1.71. The molecule has 0 amide bonds. The molecule has 1 aromatic carbocycles. The summed E-state index contributed by atoms with van der Waals surface area (Å²) in [5.74, 6) is 2.38. The molecule has 0 saturated heterocycles. The standard InChI is InChI=1S/C19H21N5/c1-3-8-15(9-4-1)19-22-17(21-16-10-5-2-6-11-16)14-18(23-19)24-13-7-12-20-24/h1,3-4,7-9,12-14,16H,2,5-6,10-11H2,(H,21,22,23). The summed E-state index contributed by atoms with van der Waals surface area (Å²) in [4.78, 5) is 9.43. The molecule has 1 aliphatic rings. The molecule has 5 nitrogen and oxygen atoms in total. The molecule has 2 heterocycles. The van der Waals surface area contributed by atoms with Gasteiger partial charge in [0.05, 0.1) is 0 Å². The first-order valence-corrected chi connectivity index (χ1v) is 8.59. The van der Waals surface area contributed by atoms with Crippen LogP contribution in [0.15, 0.2) is 54.9 Å². The first-order chi connectivity index (χ1) is 11.9. The summed E-state index contributed by atoms with van der Waals surface area (Å²) < 4.78 is 1.78. The van der Waals surface area contributed by atoms with Crippen molar-refractivity contribution in [3.63, 3.8) is 0 Å². The fourth-order valence-corrected chi connectivity index (χ4v) is 3.20. The molecule has 1 N–H and O–H groups in total. The molecule has 0 radical (unpaired) electrons. The molecule has 0 spiro atoms. The Labute approximate surface area is 141 Å². The van der Waals surface area contributed by atoms with Crippen LogP contribution in [0.25, 0.3) is 17.2 Å². The molecule has 1 saturated carbocycles. The smallest absolute Gasteiger partial charge is 0.163 e. The largest absolute Gasteiger partial charge is 0.367 e. The van der Waals surface area contributed by atoms with Gasteiger partial charge in [-0.1, -0.05) is 49.6 Å². The van der Waals surface area contributed by atoms with Gasteiger partial charge in [0, 0.05) is 30.1 Å². The third kappa shape index (κ3) is 3.30. The molecule has 122 valence electrons. The lowest BCUT2D eigenvalue weighted by Gasteiger charge is -2.23. The number of nitrogens with zero attached hydrogens (tertiary/aromatic N) is 4. The van der Waals surface area contributed by atoms with Crippen LogP contribution in [0.1, 0.15) is 32.1 Å². The highest BCUT2D eigenvalue weighted by Crippen LogP contribution is 2.24. The van der Waals surface area contributed by atoms with E-state index < -0.39 is 0 Å². The molecular weight excluding hydrogens is 298 g/mol. The van der Waals surface area contributed by atoms with Crippen molar-refractivity contribution < 1.29 is 0 Å². The molecule has 0 bridgehead atoms. The van der Waals surface area contributed by atoms with Crippen molar-refractivity contribution in [2.24, 2.45) is 0 Å². The average Bonchev–Trinajstić information content (AvgIpc) is 3.18. The van der Waals surface area contributed by atoms with Gasteiger partial charge in [-0.05, 0) is 18.9 Å². The molecule has 3 aromatic rings. The molecule has 1 aliphatic carbocycles. The Kier molecular flexibility index (Phi) is 4.23. The predicted molar refractivity (Wildman–Crippen MR) is 95.1 cm³/mol. The van der Waals surface area contributed by atoms with E-state index in [9.17, 15) is 0 Å². The van der Waals surface area contributed by atoms with E-state index in [0.29, 0.717) is 6.04 Å². The highest BCUT2D eigenvalue weighted by Gasteiger charge is 2.15. The van der Waals surface area contributed by atoms with Gasteiger partial charge in [-0.3, -0.25) is 0 Å². The second-order valence-electron chi connectivity index (χ2n) is 6.23. The predicted octanol–water partition coefficient (Wildman–Crippen LogP) is 4.07. The van der Waals surface area contributed by atoms with Gasteiger partial charge in [0.1, 0.15) is 5.82 Å². The van der Waals surface area contributed by atoms with E-state index in [1.807, 2.05) is 48.7 Å². The maximum atomic E-state index is 4.74. The quantitative estimate of drug-likeness (QED) is 0.787. The van der Waals surface area contributed by atoms with E-state index in [2.05, 4.69) is 15.4 Å². The molecule has 24 heavy (non-hydrogen) atoms. The van der Waals surface area contributed by atoms with Crippen LogP contribution in [0, 0.1) is 0 Å². The van der Waals surface area contributed by atoms with E-state index in [-0.39, 0.29) is 0 Å². The SMILES string of the molecule is c1ccc(-c2nc(NC3CCCCC3)cc(-n3cccn3)n2)cc1. The highest BCUT2D eigenvalue weighted by atomic mass is 15.3. The fourth-order valence-electron chi connectivity index (χ4n) is 3.20. The maximum Gasteiger partial charge on any atom is 0.163 e. The number of aromatic nitrogens is 4. The van der Waals surface area contributed by atoms with Crippen molar-refractivity contribution in [1.29, 1.82) is 0 Å².